The van der Waals surface area contributed by atoms with Crippen LogP contribution in [0.15, 0.2) is 46.9 Å². The Morgan fingerprint density at radius 2 is 2.22 bits per heavy atom. The molecule has 9 heteroatoms. The van der Waals surface area contributed by atoms with E-state index in [0.29, 0.717) is 35.6 Å². The number of carbonyl (C=O) groups is 1. The van der Waals surface area contributed by atoms with E-state index < -0.39 is 11.9 Å². The topological polar surface area (TPSA) is 90.6 Å². The maximum Gasteiger partial charge on any atom is 0.414 e. The molecule has 1 atom stereocenters. The number of cyclic esters (lactones) is 1. The van der Waals surface area contributed by atoms with Gasteiger partial charge >= 0.3 is 6.09 Å². The van der Waals surface area contributed by atoms with Gasteiger partial charge in [0.1, 0.15) is 11.9 Å². The molecule has 1 aromatic carbocycles. The molecule has 0 aliphatic carbocycles. The third-order valence-electron chi connectivity index (χ3n) is 4.15. The van der Waals surface area contributed by atoms with Gasteiger partial charge in [-0.15, -0.1) is 0 Å². The summed E-state index contributed by atoms with van der Waals surface area (Å²) >= 11 is 0. The molecule has 3 rings (SSSR count). The van der Waals surface area contributed by atoms with Gasteiger partial charge in [0.25, 0.3) is 0 Å². The van der Waals surface area contributed by atoms with E-state index in [1.54, 1.807) is 43.4 Å². The minimum Gasteiger partial charge on any atom is -0.442 e. The number of pyridine rings is 1. The van der Waals surface area contributed by atoms with Gasteiger partial charge in [-0.3, -0.25) is 14.9 Å². The first-order valence-corrected chi connectivity index (χ1v) is 8.36. The summed E-state index contributed by atoms with van der Waals surface area (Å²) in [4.78, 5) is 17.6. The van der Waals surface area contributed by atoms with Crippen LogP contribution in [0.25, 0.3) is 11.1 Å². The lowest BCUT2D eigenvalue weighted by Gasteiger charge is -2.16. The second-order valence-corrected chi connectivity index (χ2v) is 6.11. The number of carbonyl (C=O) groups excluding carboxylic acids is 1. The van der Waals surface area contributed by atoms with Crippen molar-refractivity contribution in [1.29, 1.82) is 0 Å². The van der Waals surface area contributed by atoms with Crippen LogP contribution in [0.2, 0.25) is 0 Å². The number of likely N-dealkylation sites (N-methyl/N-ethyl adjacent to an activating group) is 1. The number of benzene rings is 1. The zero-order valence-corrected chi connectivity index (χ0v) is 15.0. The van der Waals surface area contributed by atoms with E-state index in [0.717, 1.165) is 0 Å². The van der Waals surface area contributed by atoms with Gasteiger partial charge in [-0.25, -0.2) is 9.18 Å². The zero-order chi connectivity index (χ0) is 19.4. The Bertz CT molecular complexity index is 843. The number of hydrogen-bond donors (Lipinski definition) is 1. The lowest BCUT2D eigenvalue weighted by molar-refractivity contribution is 0.115. The summed E-state index contributed by atoms with van der Waals surface area (Å²) in [5.41, 5.74) is 1.88. The molecule has 0 saturated carbocycles. The van der Waals surface area contributed by atoms with E-state index in [1.165, 1.54) is 17.2 Å². The maximum atomic E-state index is 14.6. The molecule has 1 aliphatic rings. The number of aliphatic hydroxyl groups is 1. The van der Waals surface area contributed by atoms with Crippen LogP contribution in [0.5, 0.6) is 0 Å². The fourth-order valence-electron chi connectivity index (χ4n) is 2.89. The molecular formula is C18H20FN5O3. The van der Waals surface area contributed by atoms with Crippen LogP contribution >= 0.6 is 0 Å². The quantitative estimate of drug-likeness (QED) is 0.621. The Morgan fingerprint density at radius 3 is 2.85 bits per heavy atom. The molecule has 27 heavy (non-hydrogen) atoms. The highest BCUT2D eigenvalue weighted by molar-refractivity contribution is 5.90. The van der Waals surface area contributed by atoms with E-state index in [-0.39, 0.29) is 12.7 Å². The second-order valence-electron chi connectivity index (χ2n) is 6.11. The molecular weight excluding hydrogens is 353 g/mol. The van der Waals surface area contributed by atoms with Crippen molar-refractivity contribution in [3.05, 3.63) is 48.0 Å². The third kappa shape index (κ3) is 4.20. The number of anilines is 1. The maximum absolute atomic E-state index is 14.6. The molecule has 0 radical (unpaired) electrons. The molecule has 1 saturated heterocycles. The van der Waals surface area contributed by atoms with E-state index >= 15 is 0 Å². The van der Waals surface area contributed by atoms with Crippen LogP contribution in [0.4, 0.5) is 14.9 Å². The van der Waals surface area contributed by atoms with Crippen LogP contribution < -0.4 is 4.90 Å². The average molecular weight is 373 g/mol. The number of amides is 1. The Hall–Kier alpha value is -3.07. The molecule has 8 nitrogen and oxygen atoms in total. The Balaban J connectivity index is 1.76. The number of hydrogen-bond acceptors (Lipinski definition) is 6. The average Bonchev–Trinajstić information content (AvgIpc) is 3.02. The van der Waals surface area contributed by atoms with Crippen molar-refractivity contribution in [2.45, 2.75) is 12.7 Å². The first-order valence-electron chi connectivity index (χ1n) is 8.36. The second kappa shape index (κ2) is 8.09. The molecule has 1 N–H and O–H groups in total. The summed E-state index contributed by atoms with van der Waals surface area (Å²) in [5.74, 6) is -0.473. The van der Waals surface area contributed by atoms with E-state index in [1.807, 2.05) is 0 Å². The summed E-state index contributed by atoms with van der Waals surface area (Å²) in [5, 5.41) is 18.1. The molecule has 1 unspecified atom stereocenters. The van der Waals surface area contributed by atoms with Crippen molar-refractivity contribution < 1.29 is 19.0 Å². The molecule has 1 fully saturated rings. The molecule has 1 amide bonds. The summed E-state index contributed by atoms with van der Waals surface area (Å²) < 4.78 is 19.9. The number of rotatable bonds is 6. The molecule has 1 aromatic heterocycles. The molecule has 0 spiro atoms. The van der Waals surface area contributed by atoms with Crippen molar-refractivity contribution >= 4 is 11.8 Å². The van der Waals surface area contributed by atoms with Gasteiger partial charge in [0.05, 0.1) is 38.1 Å². The van der Waals surface area contributed by atoms with E-state index in [9.17, 15) is 9.18 Å². The minimum absolute atomic E-state index is 0.172. The van der Waals surface area contributed by atoms with Gasteiger partial charge in [0.2, 0.25) is 0 Å². The standard InChI is InChI=1S/C18H20FN5O3/c1-20-22-23(2)9-15-10-24(18(26)27-15)14-5-6-16(17(19)7-14)12-3-4-13(11-25)21-8-12/h3-8,15,25H,9-11H2,1-2H3. The van der Waals surface area contributed by atoms with Gasteiger partial charge in [0, 0.05) is 24.4 Å². The van der Waals surface area contributed by atoms with Gasteiger partial charge in [-0.1, -0.05) is 11.3 Å². The highest BCUT2D eigenvalue weighted by Gasteiger charge is 2.33. The van der Waals surface area contributed by atoms with Crippen LogP contribution in [-0.2, 0) is 11.3 Å². The van der Waals surface area contributed by atoms with Crippen molar-refractivity contribution in [2.24, 2.45) is 10.3 Å². The van der Waals surface area contributed by atoms with Gasteiger partial charge in [0.15, 0.2) is 0 Å². The number of halogens is 1. The zero-order valence-electron chi connectivity index (χ0n) is 15.0. The van der Waals surface area contributed by atoms with E-state index in [2.05, 4.69) is 15.3 Å². The lowest BCUT2D eigenvalue weighted by atomic mass is 10.1. The highest BCUT2D eigenvalue weighted by atomic mass is 19.1. The highest BCUT2D eigenvalue weighted by Crippen LogP contribution is 2.29. The third-order valence-corrected chi connectivity index (χ3v) is 4.15. The van der Waals surface area contributed by atoms with Crippen molar-refractivity contribution in [2.75, 3.05) is 32.1 Å². The summed E-state index contributed by atoms with van der Waals surface area (Å²) in [6, 6.07) is 7.88. The molecule has 142 valence electrons. The van der Waals surface area contributed by atoms with Gasteiger partial charge < -0.3 is 9.84 Å². The Labute approximate surface area is 155 Å². The fourth-order valence-corrected chi connectivity index (χ4v) is 2.89. The van der Waals surface area contributed by atoms with Gasteiger partial charge in [-0.05, 0) is 24.3 Å². The molecule has 0 bridgehead atoms. The molecule has 2 aromatic rings. The van der Waals surface area contributed by atoms with Crippen molar-refractivity contribution in [3.63, 3.8) is 0 Å². The number of nitrogens with zero attached hydrogens (tertiary/aromatic N) is 5. The number of aromatic nitrogens is 1. The van der Waals surface area contributed by atoms with Crippen LogP contribution in [-0.4, -0.2) is 54.5 Å². The first kappa shape index (κ1) is 18.7. The Kier molecular flexibility index (Phi) is 5.60. The largest absolute Gasteiger partial charge is 0.442 e. The van der Waals surface area contributed by atoms with Crippen molar-refractivity contribution in [3.8, 4) is 11.1 Å². The fraction of sp³-hybridized carbons (Fsp3) is 0.333. The summed E-state index contributed by atoms with van der Waals surface area (Å²) in [6.07, 6.45) is 0.593. The predicted molar refractivity (Wildman–Crippen MR) is 96.6 cm³/mol. The summed E-state index contributed by atoms with van der Waals surface area (Å²) in [7, 11) is 3.29. The molecule has 2 heterocycles. The van der Waals surface area contributed by atoms with Crippen LogP contribution in [0.3, 0.4) is 0 Å². The minimum atomic E-state index is -0.525. The molecule has 1 aliphatic heterocycles. The number of aliphatic hydroxyl groups excluding tert-OH is 1. The number of ether oxygens (including phenoxy) is 1. The van der Waals surface area contributed by atoms with E-state index in [4.69, 9.17) is 9.84 Å². The Morgan fingerprint density at radius 1 is 1.41 bits per heavy atom. The SMILES string of the molecule is CN=NN(C)CC1CN(c2ccc(-c3ccc(CO)nc3)c(F)c2)C(=O)O1. The van der Waals surface area contributed by atoms with Gasteiger partial charge in [-0.2, -0.15) is 5.11 Å². The lowest BCUT2D eigenvalue weighted by Crippen LogP contribution is -2.29. The monoisotopic (exact) mass is 373 g/mol. The normalized spacial score (nSPS) is 16.8. The summed E-state index contributed by atoms with van der Waals surface area (Å²) in [6.45, 7) is 0.520. The predicted octanol–water partition coefficient (Wildman–Crippen LogP) is 2.63. The van der Waals surface area contributed by atoms with Crippen molar-refractivity contribution in [1.82, 2.24) is 9.99 Å². The smallest absolute Gasteiger partial charge is 0.414 e. The van der Waals surface area contributed by atoms with Crippen LogP contribution in [0.1, 0.15) is 5.69 Å². The first-order chi connectivity index (χ1) is 13.0. The van der Waals surface area contributed by atoms with Crippen LogP contribution in [0, 0.1) is 5.82 Å².